The molecule has 1 rings (SSSR count). The Balaban J connectivity index is 2.07. The Kier molecular flexibility index (Phi) is 9.87. The molecule has 23 heavy (non-hydrogen) atoms. The second-order valence-corrected chi connectivity index (χ2v) is 5.96. The molecule has 0 spiro atoms. The molecule has 0 bridgehead atoms. The van der Waals surface area contributed by atoms with Crippen LogP contribution in [-0.2, 0) is 4.79 Å². The molecule has 0 unspecified atom stereocenters. The first kappa shape index (κ1) is 19.3. The fraction of sp³-hybridized carbons (Fsp3) is 0.611. The van der Waals surface area contributed by atoms with Crippen LogP contribution in [0.1, 0.15) is 73.8 Å². The summed E-state index contributed by atoms with van der Waals surface area (Å²) in [7, 11) is 0. The quantitative estimate of drug-likeness (QED) is 0.614. The van der Waals surface area contributed by atoms with Gasteiger partial charge in [-0.15, -0.1) is 0 Å². The maximum absolute atomic E-state index is 11.9. The van der Waals surface area contributed by atoms with Crippen molar-refractivity contribution in [3.63, 3.8) is 0 Å². The minimum Gasteiger partial charge on any atom is -0.330 e. The van der Waals surface area contributed by atoms with Gasteiger partial charge in [0.1, 0.15) is 5.69 Å². The molecule has 1 aromatic heterocycles. The van der Waals surface area contributed by atoms with Gasteiger partial charge in [0.25, 0.3) is 5.91 Å². The normalized spacial score (nSPS) is 10.5. The number of aryl methyl sites for hydroxylation is 1. The van der Waals surface area contributed by atoms with Crippen LogP contribution >= 0.6 is 0 Å². The second kappa shape index (κ2) is 11.8. The van der Waals surface area contributed by atoms with E-state index in [1.165, 1.54) is 25.7 Å². The fourth-order valence-electron chi connectivity index (χ4n) is 2.40. The average Bonchev–Trinajstić information content (AvgIpc) is 2.53. The minimum absolute atomic E-state index is 0.221. The third-order valence-electron chi connectivity index (χ3n) is 3.76. The van der Waals surface area contributed by atoms with Gasteiger partial charge in [-0.3, -0.25) is 19.9 Å². The van der Waals surface area contributed by atoms with Crippen LogP contribution in [0.25, 0.3) is 0 Å². The number of hydrogen-bond acceptors (Lipinski definition) is 4. The van der Waals surface area contributed by atoms with Gasteiger partial charge >= 0.3 is 0 Å². The monoisotopic (exact) mass is 319 g/mol. The molecule has 5 heteroatoms. The van der Waals surface area contributed by atoms with E-state index in [1.807, 2.05) is 13.0 Å². The Hall–Kier alpha value is -1.75. The van der Waals surface area contributed by atoms with Crippen molar-refractivity contribution >= 4 is 11.8 Å². The van der Waals surface area contributed by atoms with E-state index in [-0.39, 0.29) is 11.6 Å². The van der Waals surface area contributed by atoms with E-state index in [2.05, 4.69) is 10.3 Å². The number of aromatic nitrogens is 1. The molecule has 0 atom stereocenters. The summed E-state index contributed by atoms with van der Waals surface area (Å²) in [5.41, 5.74) is 6.69. The molecule has 0 aliphatic rings. The molecule has 0 saturated carbocycles. The minimum atomic E-state index is -0.418. The van der Waals surface area contributed by atoms with Crippen molar-refractivity contribution in [3.8, 4) is 0 Å². The van der Waals surface area contributed by atoms with E-state index < -0.39 is 5.91 Å². The predicted molar refractivity (Wildman–Crippen MR) is 92.1 cm³/mol. The lowest BCUT2D eigenvalue weighted by molar-refractivity contribution is -0.120. The molecule has 128 valence electrons. The predicted octanol–water partition coefficient (Wildman–Crippen LogP) is 3.12. The average molecular weight is 319 g/mol. The van der Waals surface area contributed by atoms with E-state index in [4.69, 9.17) is 5.73 Å². The van der Waals surface area contributed by atoms with E-state index in [9.17, 15) is 9.59 Å². The van der Waals surface area contributed by atoms with E-state index >= 15 is 0 Å². The Labute approximate surface area is 139 Å². The molecular weight excluding hydrogens is 290 g/mol. The summed E-state index contributed by atoms with van der Waals surface area (Å²) in [6, 6.07) is 3.49. The van der Waals surface area contributed by atoms with Crippen molar-refractivity contribution in [2.24, 2.45) is 5.73 Å². The summed E-state index contributed by atoms with van der Waals surface area (Å²) in [6.07, 6.45) is 11.0. The Bertz CT molecular complexity index is 489. The molecule has 2 amide bonds. The second-order valence-electron chi connectivity index (χ2n) is 5.96. The summed E-state index contributed by atoms with van der Waals surface area (Å²) >= 11 is 0. The topological polar surface area (TPSA) is 85.1 Å². The highest BCUT2D eigenvalue weighted by atomic mass is 16.2. The number of hydrogen-bond donors (Lipinski definition) is 2. The van der Waals surface area contributed by atoms with Gasteiger partial charge in [-0.05, 0) is 44.0 Å². The Morgan fingerprint density at radius 2 is 1.65 bits per heavy atom. The summed E-state index contributed by atoms with van der Waals surface area (Å²) in [5, 5.41) is 2.40. The van der Waals surface area contributed by atoms with Crippen LogP contribution in [0.3, 0.4) is 0 Å². The number of amides is 2. The molecule has 1 heterocycles. The first-order valence-corrected chi connectivity index (χ1v) is 8.60. The number of carbonyl (C=O) groups is 2. The maximum Gasteiger partial charge on any atom is 0.276 e. The number of rotatable bonds is 11. The summed E-state index contributed by atoms with van der Waals surface area (Å²) in [5.74, 6) is -0.639. The molecule has 0 aliphatic carbocycles. The lowest BCUT2D eigenvalue weighted by Gasteiger charge is -2.04. The molecule has 0 aliphatic heterocycles. The SMILES string of the molecule is Cc1ccnc(C(=O)NC(=O)CCCCCCCCCCN)c1. The number of nitrogens with two attached hydrogens (primary N) is 1. The molecule has 0 fully saturated rings. The van der Waals surface area contributed by atoms with E-state index in [1.54, 1.807) is 12.3 Å². The first-order chi connectivity index (χ1) is 11.1. The zero-order chi connectivity index (χ0) is 16.9. The smallest absolute Gasteiger partial charge is 0.276 e. The van der Waals surface area contributed by atoms with Crippen LogP contribution in [-0.4, -0.2) is 23.3 Å². The van der Waals surface area contributed by atoms with Crippen LogP contribution in [0.2, 0.25) is 0 Å². The van der Waals surface area contributed by atoms with Crippen LogP contribution in [0.4, 0.5) is 0 Å². The Morgan fingerprint density at radius 3 is 2.26 bits per heavy atom. The van der Waals surface area contributed by atoms with Crippen LogP contribution in [0.5, 0.6) is 0 Å². The molecule has 1 aromatic rings. The van der Waals surface area contributed by atoms with Gasteiger partial charge in [0.15, 0.2) is 0 Å². The van der Waals surface area contributed by atoms with Crippen molar-refractivity contribution in [2.75, 3.05) is 6.54 Å². The van der Waals surface area contributed by atoms with Gasteiger partial charge in [-0.25, -0.2) is 0 Å². The van der Waals surface area contributed by atoms with Gasteiger partial charge in [-0.2, -0.15) is 0 Å². The molecule has 5 nitrogen and oxygen atoms in total. The van der Waals surface area contributed by atoms with Crippen LogP contribution in [0.15, 0.2) is 18.3 Å². The van der Waals surface area contributed by atoms with Gasteiger partial charge < -0.3 is 5.73 Å². The number of unbranched alkanes of at least 4 members (excludes halogenated alkanes) is 7. The van der Waals surface area contributed by atoms with Gasteiger partial charge in [-0.1, -0.05) is 38.5 Å². The zero-order valence-corrected chi connectivity index (χ0v) is 14.1. The molecule has 3 N–H and O–H groups in total. The zero-order valence-electron chi connectivity index (χ0n) is 14.1. The molecule has 0 aromatic carbocycles. The van der Waals surface area contributed by atoms with Gasteiger partial charge in [0.2, 0.25) is 5.91 Å². The third-order valence-corrected chi connectivity index (χ3v) is 3.76. The van der Waals surface area contributed by atoms with Crippen molar-refractivity contribution < 1.29 is 9.59 Å². The number of carbonyl (C=O) groups excluding carboxylic acids is 2. The van der Waals surface area contributed by atoms with Crippen molar-refractivity contribution in [2.45, 2.75) is 64.7 Å². The standard InChI is InChI=1S/C18H29N3O2/c1-15-11-13-20-16(14-15)18(23)21-17(22)10-8-6-4-2-3-5-7-9-12-19/h11,13-14H,2-10,12,19H2,1H3,(H,21,22,23). The van der Waals surface area contributed by atoms with Crippen molar-refractivity contribution in [1.29, 1.82) is 0 Å². The molecule has 0 radical (unpaired) electrons. The summed E-state index contributed by atoms with van der Waals surface area (Å²) in [6.45, 7) is 2.67. The highest BCUT2D eigenvalue weighted by Gasteiger charge is 2.11. The highest BCUT2D eigenvalue weighted by molar-refractivity contribution is 6.03. The number of imide groups is 1. The van der Waals surface area contributed by atoms with Crippen LogP contribution in [0, 0.1) is 6.92 Å². The first-order valence-electron chi connectivity index (χ1n) is 8.60. The van der Waals surface area contributed by atoms with Gasteiger partial charge in [0.05, 0.1) is 0 Å². The molecule has 0 saturated heterocycles. The Morgan fingerprint density at radius 1 is 1.04 bits per heavy atom. The summed E-state index contributed by atoms with van der Waals surface area (Å²) in [4.78, 5) is 27.6. The van der Waals surface area contributed by atoms with E-state index in [0.29, 0.717) is 6.42 Å². The largest absolute Gasteiger partial charge is 0.330 e. The fourth-order valence-corrected chi connectivity index (χ4v) is 2.40. The van der Waals surface area contributed by atoms with E-state index in [0.717, 1.165) is 37.8 Å². The van der Waals surface area contributed by atoms with Gasteiger partial charge in [0, 0.05) is 12.6 Å². The number of pyridine rings is 1. The number of nitrogens with one attached hydrogen (secondary N) is 1. The lowest BCUT2D eigenvalue weighted by atomic mass is 10.1. The summed E-state index contributed by atoms with van der Waals surface area (Å²) < 4.78 is 0. The van der Waals surface area contributed by atoms with Crippen LogP contribution < -0.4 is 11.1 Å². The third kappa shape index (κ3) is 9.08. The van der Waals surface area contributed by atoms with Crippen molar-refractivity contribution in [3.05, 3.63) is 29.6 Å². The maximum atomic E-state index is 11.9. The van der Waals surface area contributed by atoms with Crippen molar-refractivity contribution in [1.82, 2.24) is 10.3 Å². The highest BCUT2D eigenvalue weighted by Crippen LogP contribution is 2.09. The molecular formula is C18H29N3O2. The lowest BCUT2D eigenvalue weighted by Crippen LogP contribution is -2.30. The number of nitrogens with zero attached hydrogens (tertiary/aromatic N) is 1.